The summed E-state index contributed by atoms with van der Waals surface area (Å²) < 4.78 is 10.8. The molecular weight excluding hydrogens is 176 g/mol. The van der Waals surface area contributed by atoms with Crippen LogP contribution in [0.25, 0.3) is 0 Å². The minimum absolute atomic E-state index is 0.438. The van der Waals surface area contributed by atoms with Crippen LogP contribution in [0, 0.1) is 5.41 Å². The van der Waals surface area contributed by atoms with Crippen molar-refractivity contribution in [3.63, 3.8) is 0 Å². The van der Waals surface area contributed by atoms with E-state index in [0.717, 1.165) is 26.2 Å². The average Bonchev–Trinajstić information content (AvgIpc) is 2.14. The normalized spacial score (nSPS) is 20.2. The third-order valence-corrected chi connectivity index (χ3v) is 2.84. The van der Waals surface area contributed by atoms with Gasteiger partial charge in [-0.3, -0.25) is 0 Å². The fourth-order valence-electron chi connectivity index (χ4n) is 1.65. The summed E-state index contributed by atoms with van der Waals surface area (Å²) in [7, 11) is 0. The van der Waals surface area contributed by atoms with Crippen LogP contribution in [0.4, 0.5) is 0 Å². The van der Waals surface area contributed by atoms with E-state index in [9.17, 15) is 0 Å². The zero-order valence-electron chi connectivity index (χ0n) is 9.64. The molecule has 0 aliphatic carbocycles. The molecule has 14 heavy (non-hydrogen) atoms. The molecule has 0 aromatic heterocycles. The van der Waals surface area contributed by atoms with Gasteiger partial charge in [0.15, 0.2) is 0 Å². The summed E-state index contributed by atoms with van der Waals surface area (Å²) in [6.07, 6.45) is 5.33. The Labute approximate surface area is 87.3 Å². The van der Waals surface area contributed by atoms with Crippen molar-refractivity contribution < 1.29 is 9.47 Å². The highest BCUT2D eigenvalue weighted by molar-refractivity contribution is 4.86. The Bertz CT molecular complexity index is 186. The highest BCUT2D eigenvalue weighted by Crippen LogP contribution is 2.33. The van der Waals surface area contributed by atoms with E-state index in [1.165, 1.54) is 18.4 Å². The van der Waals surface area contributed by atoms with Gasteiger partial charge in [-0.2, -0.15) is 0 Å². The predicted octanol–water partition coefficient (Wildman–Crippen LogP) is 3.13. The molecule has 0 aromatic rings. The van der Waals surface area contributed by atoms with Crippen molar-refractivity contribution in [2.45, 2.75) is 40.0 Å². The first-order valence-corrected chi connectivity index (χ1v) is 5.45. The quantitative estimate of drug-likeness (QED) is 0.510. The summed E-state index contributed by atoms with van der Waals surface area (Å²) in [6, 6.07) is 0. The molecule has 1 saturated heterocycles. The van der Waals surface area contributed by atoms with Crippen molar-refractivity contribution in [3.8, 4) is 0 Å². The molecule has 0 amide bonds. The maximum absolute atomic E-state index is 5.46. The van der Waals surface area contributed by atoms with E-state index in [1.54, 1.807) is 0 Å². The van der Waals surface area contributed by atoms with Gasteiger partial charge in [-0.05, 0) is 44.1 Å². The van der Waals surface area contributed by atoms with Gasteiger partial charge in [0.25, 0.3) is 0 Å². The van der Waals surface area contributed by atoms with E-state index in [2.05, 4.69) is 20.8 Å². The molecule has 1 heterocycles. The second kappa shape index (κ2) is 5.40. The van der Waals surface area contributed by atoms with Gasteiger partial charge >= 0.3 is 0 Å². The molecule has 0 unspecified atom stereocenters. The van der Waals surface area contributed by atoms with Crippen LogP contribution in [-0.4, -0.2) is 19.8 Å². The Balaban J connectivity index is 2.19. The fourth-order valence-corrected chi connectivity index (χ4v) is 1.65. The lowest BCUT2D eigenvalue weighted by Crippen LogP contribution is -2.27. The zero-order chi connectivity index (χ0) is 10.4. The summed E-state index contributed by atoms with van der Waals surface area (Å²) in [5.74, 6) is 0. The van der Waals surface area contributed by atoms with Gasteiger partial charge in [-0.25, -0.2) is 0 Å². The van der Waals surface area contributed by atoms with Crippen LogP contribution in [0.3, 0.4) is 0 Å². The molecule has 1 fully saturated rings. The largest absolute Gasteiger partial charge is 0.501 e. The van der Waals surface area contributed by atoms with Crippen LogP contribution in [0.2, 0.25) is 0 Å². The molecular formula is C12H22O2. The van der Waals surface area contributed by atoms with E-state index in [0.29, 0.717) is 5.41 Å². The molecule has 2 nitrogen and oxygen atoms in total. The minimum atomic E-state index is 0.438. The lowest BCUT2D eigenvalue weighted by Gasteiger charge is -2.33. The van der Waals surface area contributed by atoms with Crippen LogP contribution in [0.5, 0.6) is 0 Å². The fraction of sp³-hybridized carbons (Fsp3) is 0.833. The molecule has 1 aliphatic heterocycles. The van der Waals surface area contributed by atoms with Crippen molar-refractivity contribution in [2.75, 3.05) is 19.8 Å². The van der Waals surface area contributed by atoms with Gasteiger partial charge in [0.2, 0.25) is 0 Å². The topological polar surface area (TPSA) is 18.5 Å². The summed E-state index contributed by atoms with van der Waals surface area (Å²) in [4.78, 5) is 0. The highest BCUT2D eigenvalue weighted by atomic mass is 16.5. The maximum Gasteiger partial charge on any atom is 0.0878 e. The molecule has 1 rings (SSSR count). The van der Waals surface area contributed by atoms with Gasteiger partial charge in [0.1, 0.15) is 0 Å². The van der Waals surface area contributed by atoms with Crippen molar-refractivity contribution in [3.05, 3.63) is 11.8 Å². The van der Waals surface area contributed by atoms with E-state index in [-0.39, 0.29) is 0 Å². The maximum atomic E-state index is 5.46. The summed E-state index contributed by atoms with van der Waals surface area (Å²) in [5.41, 5.74) is 1.66. The van der Waals surface area contributed by atoms with Crippen LogP contribution in [0.15, 0.2) is 11.8 Å². The first kappa shape index (κ1) is 11.6. The average molecular weight is 198 g/mol. The Kier molecular flexibility index (Phi) is 4.46. The monoisotopic (exact) mass is 198 g/mol. The molecule has 0 radical (unpaired) electrons. The smallest absolute Gasteiger partial charge is 0.0878 e. The van der Waals surface area contributed by atoms with Crippen molar-refractivity contribution >= 4 is 0 Å². The third-order valence-electron chi connectivity index (χ3n) is 2.84. The van der Waals surface area contributed by atoms with E-state index in [1.807, 2.05) is 6.26 Å². The number of allylic oxidation sites excluding steroid dienone is 1. The number of hydrogen-bond donors (Lipinski definition) is 0. The van der Waals surface area contributed by atoms with Crippen molar-refractivity contribution in [2.24, 2.45) is 5.41 Å². The molecule has 0 bridgehead atoms. The van der Waals surface area contributed by atoms with Gasteiger partial charge < -0.3 is 9.47 Å². The zero-order valence-corrected chi connectivity index (χ0v) is 9.64. The number of hydrogen-bond acceptors (Lipinski definition) is 2. The molecule has 0 spiro atoms. The number of ether oxygens (including phenoxy) is 2. The molecule has 0 aromatic carbocycles. The number of rotatable bonds is 4. The van der Waals surface area contributed by atoms with Gasteiger partial charge in [-0.15, -0.1) is 0 Å². The molecule has 82 valence electrons. The first-order chi connectivity index (χ1) is 6.62. The molecule has 0 N–H and O–H groups in total. The second-order valence-electron chi connectivity index (χ2n) is 4.74. The predicted molar refractivity (Wildman–Crippen MR) is 58.2 cm³/mol. The lowest BCUT2D eigenvalue weighted by atomic mass is 9.80. The molecule has 0 atom stereocenters. The SMILES string of the molecule is CC(C)=COCCC1(C)CCOCC1. The van der Waals surface area contributed by atoms with E-state index < -0.39 is 0 Å². The van der Waals surface area contributed by atoms with Crippen LogP contribution < -0.4 is 0 Å². The highest BCUT2D eigenvalue weighted by Gasteiger charge is 2.26. The Hall–Kier alpha value is -0.500. The van der Waals surface area contributed by atoms with E-state index >= 15 is 0 Å². The third kappa shape index (κ3) is 4.14. The standard InChI is InChI=1S/C12H22O2/c1-11(2)10-14-9-6-12(3)4-7-13-8-5-12/h10H,4-9H2,1-3H3. The lowest BCUT2D eigenvalue weighted by molar-refractivity contribution is 0.0107. The van der Waals surface area contributed by atoms with Gasteiger partial charge in [0, 0.05) is 13.2 Å². The van der Waals surface area contributed by atoms with Crippen LogP contribution in [-0.2, 0) is 9.47 Å². The van der Waals surface area contributed by atoms with Crippen LogP contribution >= 0.6 is 0 Å². The van der Waals surface area contributed by atoms with Crippen molar-refractivity contribution in [1.29, 1.82) is 0 Å². The molecule has 2 heteroatoms. The summed E-state index contributed by atoms with van der Waals surface area (Å²) in [5, 5.41) is 0. The Morgan fingerprint density at radius 3 is 2.57 bits per heavy atom. The van der Waals surface area contributed by atoms with Gasteiger partial charge in [-0.1, -0.05) is 6.92 Å². The van der Waals surface area contributed by atoms with Crippen LogP contribution in [0.1, 0.15) is 40.0 Å². The second-order valence-corrected chi connectivity index (χ2v) is 4.74. The molecule has 0 saturated carbocycles. The summed E-state index contributed by atoms with van der Waals surface area (Å²) in [6.45, 7) is 9.10. The molecule has 1 aliphatic rings. The Morgan fingerprint density at radius 1 is 1.36 bits per heavy atom. The summed E-state index contributed by atoms with van der Waals surface area (Å²) >= 11 is 0. The minimum Gasteiger partial charge on any atom is -0.501 e. The Morgan fingerprint density at radius 2 is 2.00 bits per heavy atom. The van der Waals surface area contributed by atoms with E-state index in [4.69, 9.17) is 9.47 Å². The van der Waals surface area contributed by atoms with Crippen molar-refractivity contribution in [1.82, 2.24) is 0 Å². The van der Waals surface area contributed by atoms with Gasteiger partial charge in [0.05, 0.1) is 12.9 Å². The first-order valence-electron chi connectivity index (χ1n) is 5.45.